The molecule has 1 atom stereocenters. The maximum atomic E-state index is 2.31. The monoisotopic (exact) mass is 204 g/mol. The van der Waals surface area contributed by atoms with Crippen LogP contribution in [0.3, 0.4) is 0 Å². The third-order valence-electron chi connectivity index (χ3n) is 1.84. The Hall–Kier alpha value is 0.640. The fraction of sp³-hybridized carbons (Fsp3) is 0.750. The molecule has 1 aromatic rings. The van der Waals surface area contributed by atoms with E-state index in [0.717, 1.165) is 7.87 Å². The van der Waals surface area contributed by atoms with Crippen molar-refractivity contribution in [2.75, 3.05) is 0 Å². The molecule has 0 amide bonds. The Bertz CT molecular complexity index is 205. The Balaban J connectivity index is 2.32. The average molecular weight is 204 g/mol. The largest absolute Gasteiger partial charge is 0.102 e. The quantitative estimate of drug-likeness (QED) is 0.610. The van der Waals surface area contributed by atoms with Crippen molar-refractivity contribution >= 4 is 23.3 Å². The summed E-state index contributed by atoms with van der Waals surface area (Å²) in [6.07, 6.45) is 5.55. The maximum absolute atomic E-state index is 2.31. The normalized spacial score (nSPS) is 12.5. The zero-order valence-corrected chi connectivity index (χ0v) is 10.0. The van der Waals surface area contributed by atoms with Crippen LogP contribution in [0, 0.1) is 6.92 Å². The first-order valence-electron chi connectivity index (χ1n) is 4.21. The number of aryl methyl sites for hydroxylation is 2. The smallest absolute Gasteiger partial charge is 0.00883 e. The van der Waals surface area contributed by atoms with Crippen LogP contribution in [0.5, 0.6) is 0 Å². The van der Waals surface area contributed by atoms with E-state index in [9.17, 15) is 0 Å². The number of hydrogen-bond acceptors (Lipinski definition) is 0. The number of unbranched alkanes of at least 4 members (excludes halogenated alkanes) is 2. The summed E-state index contributed by atoms with van der Waals surface area (Å²) in [6, 6.07) is 0. The third-order valence-corrected chi connectivity index (χ3v) is 7.82. The van der Waals surface area contributed by atoms with Crippen LogP contribution in [0.15, 0.2) is 0 Å². The Morgan fingerprint density at radius 3 is 2.73 bits per heavy atom. The lowest BCUT2D eigenvalue weighted by atomic mass is 10.2. The van der Waals surface area contributed by atoms with Crippen LogP contribution in [-0.2, 0) is 6.42 Å². The van der Waals surface area contributed by atoms with E-state index in [-0.39, 0.29) is 0 Å². The van der Waals surface area contributed by atoms with Gasteiger partial charge in [0.05, 0.1) is 0 Å². The predicted molar refractivity (Wildman–Crippen MR) is 58.9 cm³/mol. The van der Waals surface area contributed by atoms with Crippen LogP contribution in [0.1, 0.15) is 36.8 Å². The zero-order chi connectivity index (χ0) is 8.10. The lowest BCUT2D eigenvalue weighted by Crippen LogP contribution is -1.81. The molecule has 1 rings (SSSR count). The molecule has 0 saturated carbocycles. The van der Waals surface area contributed by atoms with Gasteiger partial charge in [0.15, 0.2) is 0 Å². The van der Waals surface area contributed by atoms with Gasteiger partial charge in [-0.2, -0.15) is 0 Å². The van der Waals surface area contributed by atoms with E-state index < -0.39 is 0 Å². The molecule has 1 unspecified atom stereocenters. The summed E-state index contributed by atoms with van der Waals surface area (Å²) in [5, 5.41) is 3.45. The van der Waals surface area contributed by atoms with Crippen molar-refractivity contribution in [2.45, 2.75) is 39.5 Å². The van der Waals surface area contributed by atoms with Gasteiger partial charge in [-0.15, -0.1) is 7.87 Å². The SMILES string of the molecule is CCCCCc1pp[pH]c1C. The van der Waals surface area contributed by atoms with Crippen LogP contribution >= 0.6 is 23.3 Å². The Morgan fingerprint density at radius 1 is 1.36 bits per heavy atom. The molecule has 0 saturated heterocycles. The highest BCUT2D eigenvalue weighted by Gasteiger charge is 1.97. The van der Waals surface area contributed by atoms with E-state index in [4.69, 9.17) is 0 Å². The molecule has 0 aliphatic heterocycles. The summed E-state index contributed by atoms with van der Waals surface area (Å²) in [4.78, 5) is 0. The second-order valence-electron chi connectivity index (χ2n) is 2.84. The van der Waals surface area contributed by atoms with E-state index in [1.165, 1.54) is 25.7 Å². The second-order valence-corrected chi connectivity index (χ2v) is 8.42. The summed E-state index contributed by atoms with van der Waals surface area (Å²) in [7, 11) is 4.37. The van der Waals surface area contributed by atoms with Gasteiger partial charge in [-0.25, -0.2) is 0 Å². The van der Waals surface area contributed by atoms with Gasteiger partial charge in [0.2, 0.25) is 0 Å². The minimum absolute atomic E-state index is 1.11. The van der Waals surface area contributed by atoms with Gasteiger partial charge < -0.3 is 0 Å². The van der Waals surface area contributed by atoms with Crippen molar-refractivity contribution in [1.29, 1.82) is 0 Å². The van der Waals surface area contributed by atoms with E-state index in [1.54, 1.807) is 26.0 Å². The first-order valence-corrected chi connectivity index (χ1v) is 8.54. The van der Waals surface area contributed by atoms with Gasteiger partial charge >= 0.3 is 0 Å². The molecule has 0 fully saturated rings. The van der Waals surface area contributed by atoms with Gasteiger partial charge in [-0.3, -0.25) is 0 Å². The van der Waals surface area contributed by atoms with Crippen LogP contribution in [0.4, 0.5) is 0 Å². The molecule has 0 bridgehead atoms. The molecule has 0 aliphatic carbocycles. The molecular formula is C8H15P3. The third kappa shape index (κ3) is 3.25. The van der Waals surface area contributed by atoms with E-state index in [2.05, 4.69) is 13.8 Å². The molecule has 11 heavy (non-hydrogen) atoms. The summed E-state index contributed by atoms with van der Waals surface area (Å²) in [5.74, 6) is 0. The van der Waals surface area contributed by atoms with Crippen molar-refractivity contribution in [2.24, 2.45) is 0 Å². The molecule has 0 aliphatic rings. The van der Waals surface area contributed by atoms with E-state index in [0.29, 0.717) is 0 Å². The van der Waals surface area contributed by atoms with Crippen molar-refractivity contribution in [3.8, 4) is 0 Å². The Kier molecular flexibility index (Phi) is 4.70. The molecule has 3 heteroatoms. The molecule has 0 nitrogen and oxygen atoms in total. The number of hydrogen-bond donors (Lipinski definition) is 0. The van der Waals surface area contributed by atoms with Gasteiger partial charge in [0, 0.05) is 0 Å². The molecule has 0 spiro atoms. The first-order chi connectivity index (χ1) is 5.34. The highest BCUT2D eigenvalue weighted by Crippen LogP contribution is 2.41. The lowest BCUT2D eigenvalue weighted by Gasteiger charge is -1.97. The van der Waals surface area contributed by atoms with Crippen molar-refractivity contribution in [3.05, 3.63) is 10.6 Å². The van der Waals surface area contributed by atoms with Gasteiger partial charge in [0.1, 0.15) is 0 Å². The fourth-order valence-corrected chi connectivity index (χ4v) is 7.95. The van der Waals surface area contributed by atoms with Crippen molar-refractivity contribution < 1.29 is 0 Å². The van der Waals surface area contributed by atoms with Crippen molar-refractivity contribution in [3.63, 3.8) is 0 Å². The highest BCUT2D eigenvalue weighted by atomic mass is 32.1. The zero-order valence-electron chi connectivity index (χ0n) is 7.22. The Morgan fingerprint density at radius 2 is 2.18 bits per heavy atom. The summed E-state index contributed by atoms with van der Waals surface area (Å²) >= 11 is 0. The molecule has 0 N–H and O–H groups in total. The maximum Gasteiger partial charge on any atom is -0.00883 e. The molecule has 0 radical (unpaired) electrons. The second kappa shape index (κ2) is 5.31. The van der Waals surface area contributed by atoms with E-state index in [1.807, 2.05) is 0 Å². The van der Waals surface area contributed by atoms with Crippen LogP contribution < -0.4 is 0 Å². The Labute approximate surface area is 73.9 Å². The average Bonchev–Trinajstić information content (AvgIpc) is 2.37. The highest BCUT2D eigenvalue weighted by molar-refractivity contribution is 8.17. The standard InChI is InChI=1S/C8H15P3/c1-3-4-5-6-8-7(2)9-11-10-8/h9H,3-6H2,1-2H3. The molecule has 1 heterocycles. The first kappa shape index (κ1) is 9.73. The van der Waals surface area contributed by atoms with E-state index >= 15 is 0 Å². The number of rotatable bonds is 4. The van der Waals surface area contributed by atoms with Crippen molar-refractivity contribution in [1.82, 2.24) is 0 Å². The van der Waals surface area contributed by atoms with Gasteiger partial charge in [-0.1, -0.05) is 19.8 Å². The topological polar surface area (TPSA) is 0 Å². The molecule has 62 valence electrons. The summed E-state index contributed by atoms with van der Waals surface area (Å²) in [5.41, 5.74) is 0. The van der Waals surface area contributed by atoms with Gasteiger partial charge in [0.25, 0.3) is 0 Å². The lowest BCUT2D eigenvalue weighted by molar-refractivity contribution is 0.722. The fourth-order valence-electron chi connectivity index (χ4n) is 1.08. The minimum atomic E-state index is 1.11. The summed E-state index contributed by atoms with van der Waals surface area (Å²) in [6.45, 7) is 4.58. The summed E-state index contributed by atoms with van der Waals surface area (Å²) < 4.78 is 0. The van der Waals surface area contributed by atoms with Gasteiger partial charge in [-0.05, 0) is 45.8 Å². The molecule has 1 aromatic heterocycles. The van der Waals surface area contributed by atoms with Crippen LogP contribution in [0.2, 0.25) is 0 Å². The minimum Gasteiger partial charge on any atom is -0.102 e. The van der Waals surface area contributed by atoms with Crippen LogP contribution in [-0.4, -0.2) is 0 Å². The predicted octanol–water partition coefficient (Wildman–Crippen LogP) is 4.92. The molecular weight excluding hydrogens is 189 g/mol. The molecule has 0 aromatic carbocycles. The van der Waals surface area contributed by atoms with Crippen LogP contribution in [0.25, 0.3) is 0 Å².